The van der Waals surface area contributed by atoms with Gasteiger partial charge in [-0.2, -0.15) is 0 Å². The Balaban J connectivity index is 0.984. The number of hydrogen-bond donors (Lipinski definition) is 2. The summed E-state index contributed by atoms with van der Waals surface area (Å²) in [6.07, 6.45) is 2.39. The minimum Gasteiger partial charge on any atom is -0.392 e. The van der Waals surface area contributed by atoms with Crippen molar-refractivity contribution in [2.24, 2.45) is 5.92 Å². The van der Waals surface area contributed by atoms with Gasteiger partial charge in [0.25, 0.3) is 5.91 Å². The van der Waals surface area contributed by atoms with E-state index in [-0.39, 0.29) is 36.3 Å². The van der Waals surface area contributed by atoms with Gasteiger partial charge in [-0.1, -0.05) is 91.9 Å². The molecule has 0 saturated carbocycles. The van der Waals surface area contributed by atoms with Crippen molar-refractivity contribution in [2.45, 2.75) is 57.2 Å². The SMILES string of the molecule is C[C@H]1[C@@H](CN2CCC3(CC2)OCCO3)O[C@@H](c2ccc(-c3ccccc3CNC(=O)c3cnc4ccccc4n3)cc2)O[C@H]1c1ccc(CO)cc1. The molecule has 3 fully saturated rings. The molecule has 3 saturated heterocycles. The predicted molar refractivity (Wildman–Crippen MR) is 196 cm³/mol. The van der Waals surface area contributed by atoms with Crippen LogP contribution in [0.4, 0.5) is 0 Å². The topological polar surface area (TPSA) is 115 Å². The zero-order chi connectivity index (χ0) is 35.5. The second-order valence-electron chi connectivity index (χ2n) is 13.9. The molecule has 2 N–H and O–H groups in total. The number of aromatic nitrogens is 2. The molecule has 0 radical (unpaired) electrons. The number of likely N-dealkylation sites (tertiary alicyclic amines) is 1. The monoisotopic (exact) mass is 700 g/mol. The molecule has 1 spiro atoms. The minimum absolute atomic E-state index is 0.000579. The number of carbonyl (C=O) groups excluding carboxylic acids is 1. The molecular weight excluding hydrogens is 656 g/mol. The third-order valence-corrected chi connectivity index (χ3v) is 10.6. The zero-order valence-electron chi connectivity index (χ0n) is 29.3. The molecule has 4 heterocycles. The first-order valence-corrected chi connectivity index (χ1v) is 18.2. The van der Waals surface area contributed by atoms with Crippen LogP contribution in [0, 0.1) is 5.92 Å². The number of carbonyl (C=O) groups is 1. The van der Waals surface area contributed by atoms with Crippen LogP contribution in [-0.2, 0) is 32.1 Å². The Hall–Kier alpha value is -4.55. The third kappa shape index (κ3) is 7.36. The van der Waals surface area contributed by atoms with E-state index in [1.165, 1.54) is 6.20 Å². The highest BCUT2D eigenvalue weighted by atomic mass is 16.7. The quantitative estimate of drug-likeness (QED) is 0.182. The van der Waals surface area contributed by atoms with Crippen LogP contribution in [0.25, 0.3) is 22.2 Å². The average molecular weight is 701 g/mol. The summed E-state index contributed by atoms with van der Waals surface area (Å²) in [6.45, 7) is 6.43. The third-order valence-electron chi connectivity index (χ3n) is 10.6. The Morgan fingerprint density at radius 3 is 2.31 bits per heavy atom. The summed E-state index contributed by atoms with van der Waals surface area (Å²) >= 11 is 0. The number of piperidine rings is 1. The Labute approximate surface area is 303 Å². The Morgan fingerprint density at radius 1 is 0.865 bits per heavy atom. The van der Waals surface area contributed by atoms with Crippen LogP contribution < -0.4 is 5.32 Å². The van der Waals surface area contributed by atoms with Crippen molar-refractivity contribution < 1.29 is 28.8 Å². The second-order valence-corrected chi connectivity index (χ2v) is 13.9. The number of ether oxygens (including phenoxy) is 4. The van der Waals surface area contributed by atoms with Gasteiger partial charge in [-0.15, -0.1) is 0 Å². The van der Waals surface area contributed by atoms with Crippen LogP contribution in [0.15, 0.2) is 103 Å². The first kappa shape index (κ1) is 34.5. The highest BCUT2D eigenvalue weighted by molar-refractivity contribution is 5.93. The van der Waals surface area contributed by atoms with E-state index in [1.54, 1.807) is 0 Å². The minimum atomic E-state index is -0.562. The largest absolute Gasteiger partial charge is 0.392 e. The average Bonchev–Trinajstić information content (AvgIpc) is 3.66. The summed E-state index contributed by atoms with van der Waals surface area (Å²) in [4.78, 5) is 24.4. The Bertz CT molecular complexity index is 1990. The molecule has 0 aliphatic carbocycles. The van der Waals surface area contributed by atoms with Crippen molar-refractivity contribution in [3.05, 3.63) is 131 Å². The van der Waals surface area contributed by atoms with Gasteiger partial charge < -0.3 is 34.3 Å². The number of nitrogens with zero attached hydrogens (tertiary/aromatic N) is 3. The Kier molecular flexibility index (Phi) is 10.1. The number of nitrogens with one attached hydrogen (secondary N) is 1. The van der Waals surface area contributed by atoms with E-state index in [9.17, 15) is 9.90 Å². The molecule has 0 bridgehead atoms. The normalized spacial score (nSPS) is 23.2. The Morgan fingerprint density at radius 2 is 1.56 bits per heavy atom. The van der Waals surface area contributed by atoms with Gasteiger partial charge in [0.15, 0.2) is 12.1 Å². The van der Waals surface area contributed by atoms with Crippen molar-refractivity contribution in [3.63, 3.8) is 0 Å². The summed E-state index contributed by atoms with van der Waals surface area (Å²) in [7, 11) is 0. The number of hydrogen-bond acceptors (Lipinski definition) is 9. The molecule has 3 aliphatic rings. The molecule has 8 rings (SSSR count). The predicted octanol–water partition coefficient (Wildman–Crippen LogP) is 6.35. The molecule has 3 aliphatic heterocycles. The maximum atomic E-state index is 13.1. The molecule has 4 aromatic carbocycles. The van der Waals surface area contributed by atoms with E-state index in [0.717, 1.165) is 71.4 Å². The molecule has 268 valence electrons. The fourth-order valence-corrected chi connectivity index (χ4v) is 7.55. The number of benzene rings is 4. The van der Waals surface area contributed by atoms with Crippen molar-refractivity contribution in [3.8, 4) is 11.1 Å². The summed E-state index contributed by atoms with van der Waals surface area (Å²) in [5.74, 6) is -0.604. The fraction of sp³-hybridized carbons (Fsp3) is 0.357. The summed E-state index contributed by atoms with van der Waals surface area (Å²) in [5.41, 5.74) is 7.61. The van der Waals surface area contributed by atoms with E-state index in [4.69, 9.17) is 18.9 Å². The van der Waals surface area contributed by atoms with E-state index < -0.39 is 12.1 Å². The molecule has 1 amide bonds. The molecule has 52 heavy (non-hydrogen) atoms. The second kappa shape index (κ2) is 15.2. The number of rotatable bonds is 9. The van der Waals surface area contributed by atoms with Crippen LogP contribution >= 0.6 is 0 Å². The highest BCUT2D eigenvalue weighted by Crippen LogP contribution is 2.43. The summed E-state index contributed by atoms with van der Waals surface area (Å²) in [6, 6.07) is 31.9. The lowest BCUT2D eigenvalue weighted by Crippen LogP contribution is -2.50. The lowest BCUT2D eigenvalue weighted by atomic mass is 9.89. The van der Waals surface area contributed by atoms with Gasteiger partial charge in [-0.25, -0.2) is 4.98 Å². The molecule has 10 heteroatoms. The maximum Gasteiger partial charge on any atom is 0.271 e. The van der Waals surface area contributed by atoms with Crippen LogP contribution in [0.2, 0.25) is 0 Å². The number of aliphatic hydroxyl groups excluding tert-OH is 1. The molecule has 1 aromatic heterocycles. The number of para-hydroxylation sites is 2. The smallest absolute Gasteiger partial charge is 0.271 e. The van der Waals surface area contributed by atoms with Gasteiger partial charge in [0.2, 0.25) is 0 Å². The van der Waals surface area contributed by atoms with E-state index in [1.807, 2.05) is 54.6 Å². The zero-order valence-corrected chi connectivity index (χ0v) is 29.3. The van der Waals surface area contributed by atoms with Gasteiger partial charge in [0.1, 0.15) is 5.69 Å². The van der Waals surface area contributed by atoms with Crippen molar-refractivity contribution in [1.82, 2.24) is 20.2 Å². The molecular formula is C42H44N4O6. The summed E-state index contributed by atoms with van der Waals surface area (Å²) in [5, 5.41) is 12.7. The first-order valence-electron chi connectivity index (χ1n) is 18.2. The highest BCUT2D eigenvalue weighted by Gasteiger charge is 2.43. The van der Waals surface area contributed by atoms with E-state index in [2.05, 4.69) is 69.6 Å². The van der Waals surface area contributed by atoms with Crippen molar-refractivity contribution >= 4 is 16.9 Å². The van der Waals surface area contributed by atoms with Crippen LogP contribution in [-0.4, -0.2) is 70.6 Å². The van der Waals surface area contributed by atoms with E-state index >= 15 is 0 Å². The van der Waals surface area contributed by atoms with Gasteiger partial charge in [-0.3, -0.25) is 9.78 Å². The molecule has 0 unspecified atom stereocenters. The van der Waals surface area contributed by atoms with Gasteiger partial charge in [0, 0.05) is 50.5 Å². The molecule has 5 aromatic rings. The fourth-order valence-electron chi connectivity index (χ4n) is 7.55. The lowest BCUT2D eigenvalue weighted by Gasteiger charge is -2.44. The standard InChI is InChI=1S/C42H44N4O6/c1-28-38(26-46-20-18-42(19-21-46)49-22-23-50-42)51-41(52-39(28)31-12-10-29(27-47)11-13-31)32-16-14-30(15-17-32)34-7-3-2-6-33(34)24-44-40(48)37-25-43-35-8-4-5-9-36(35)45-37/h2-17,25,28,38-39,41,47H,18-24,26-27H2,1H3,(H,44,48)/t28-,38+,39+,41+/m0/s1. The van der Waals surface area contributed by atoms with Crippen LogP contribution in [0.3, 0.4) is 0 Å². The van der Waals surface area contributed by atoms with Crippen molar-refractivity contribution in [1.29, 1.82) is 0 Å². The first-order chi connectivity index (χ1) is 25.5. The summed E-state index contributed by atoms with van der Waals surface area (Å²) < 4.78 is 25.5. The number of aliphatic hydroxyl groups is 1. The van der Waals surface area contributed by atoms with Crippen LogP contribution in [0.1, 0.15) is 64.9 Å². The van der Waals surface area contributed by atoms with Gasteiger partial charge >= 0.3 is 0 Å². The van der Waals surface area contributed by atoms with Gasteiger partial charge in [0.05, 0.1) is 49.3 Å². The molecule has 10 nitrogen and oxygen atoms in total. The maximum absolute atomic E-state index is 13.1. The molecule has 4 atom stereocenters. The number of amides is 1. The number of fused-ring (bicyclic) bond motifs is 1. The van der Waals surface area contributed by atoms with Gasteiger partial charge in [-0.05, 0) is 39.9 Å². The van der Waals surface area contributed by atoms with Crippen LogP contribution in [0.5, 0.6) is 0 Å². The van der Waals surface area contributed by atoms with Crippen molar-refractivity contribution in [2.75, 3.05) is 32.8 Å². The van der Waals surface area contributed by atoms with E-state index in [0.29, 0.717) is 25.3 Å². The lowest BCUT2D eigenvalue weighted by molar-refractivity contribution is -0.278.